The largest absolute Gasteiger partial charge is 0.484 e. The van der Waals surface area contributed by atoms with Crippen LogP contribution in [0, 0.1) is 6.92 Å². The lowest BCUT2D eigenvalue weighted by Gasteiger charge is -2.29. The number of carbonyl (C=O) groups excluding carboxylic acids is 2. The van der Waals surface area contributed by atoms with Crippen LogP contribution in [0.15, 0.2) is 42.5 Å². The second kappa shape index (κ2) is 8.04. The number of fused-ring (bicyclic) bond motifs is 1. The van der Waals surface area contributed by atoms with E-state index in [1.807, 2.05) is 61.2 Å². The van der Waals surface area contributed by atoms with Crippen LogP contribution in [0.1, 0.15) is 30.9 Å². The first-order valence-corrected chi connectivity index (χ1v) is 8.99. The first-order chi connectivity index (χ1) is 12.6. The number of rotatable bonds is 5. The highest BCUT2D eigenvalue weighted by Gasteiger charge is 2.21. The van der Waals surface area contributed by atoms with Gasteiger partial charge >= 0.3 is 0 Å². The number of carbonyl (C=O) groups is 2. The van der Waals surface area contributed by atoms with Gasteiger partial charge in [-0.1, -0.05) is 30.7 Å². The second-order valence-corrected chi connectivity index (χ2v) is 6.50. The van der Waals surface area contributed by atoms with E-state index >= 15 is 0 Å². The van der Waals surface area contributed by atoms with Gasteiger partial charge in [0.15, 0.2) is 6.61 Å². The average Bonchev–Trinajstić information content (AvgIpc) is 2.66. The van der Waals surface area contributed by atoms with Crippen molar-refractivity contribution < 1.29 is 14.3 Å². The van der Waals surface area contributed by atoms with Crippen molar-refractivity contribution in [2.75, 3.05) is 23.4 Å². The first kappa shape index (κ1) is 18.0. The summed E-state index contributed by atoms with van der Waals surface area (Å²) in [6, 6.07) is 13.3. The monoisotopic (exact) mass is 352 g/mol. The molecule has 5 heteroatoms. The SMILES string of the molecule is CCC(=O)N1CCCc2ccc(NC(=O)COc3ccc(C)cc3)cc21. The minimum Gasteiger partial charge on any atom is -0.484 e. The zero-order valence-electron chi connectivity index (χ0n) is 15.2. The zero-order chi connectivity index (χ0) is 18.5. The fraction of sp³-hybridized carbons (Fsp3) is 0.333. The number of nitrogens with zero attached hydrogens (tertiary/aromatic N) is 1. The van der Waals surface area contributed by atoms with Crippen LogP contribution in [0.4, 0.5) is 11.4 Å². The standard InChI is InChI=1S/C21H24N2O3/c1-3-21(25)23-12-4-5-16-8-9-17(13-19(16)23)22-20(24)14-26-18-10-6-15(2)7-11-18/h6-11,13H,3-5,12,14H2,1-2H3,(H,22,24). The van der Waals surface area contributed by atoms with E-state index in [4.69, 9.17) is 4.74 Å². The molecule has 5 nitrogen and oxygen atoms in total. The quantitative estimate of drug-likeness (QED) is 0.892. The fourth-order valence-electron chi connectivity index (χ4n) is 3.08. The summed E-state index contributed by atoms with van der Waals surface area (Å²) in [5.74, 6) is 0.544. The predicted molar refractivity (Wildman–Crippen MR) is 103 cm³/mol. The van der Waals surface area contributed by atoms with Crippen molar-refractivity contribution in [2.24, 2.45) is 0 Å². The van der Waals surface area contributed by atoms with Crippen molar-refractivity contribution in [1.82, 2.24) is 0 Å². The molecule has 2 amide bonds. The fourth-order valence-corrected chi connectivity index (χ4v) is 3.08. The Morgan fingerprint density at radius 2 is 1.92 bits per heavy atom. The Morgan fingerprint density at radius 3 is 2.65 bits per heavy atom. The molecule has 136 valence electrons. The van der Waals surface area contributed by atoms with Crippen molar-refractivity contribution in [3.8, 4) is 5.75 Å². The van der Waals surface area contributed by atoms with Crippen LogP contribution in [0.3, 0.4) is 0 Å². The molecule has 2 aromatic rings. The van der Waals surface area contributed by atoms with Gasteiger partial charge in [0.05, 0.1) is 0 Å². The Labute approximate surface area is 154 Å². The van der Waals surface area contributed by atoms with Crippen molar-refractivity contribution in [2.45, 2.75) is 33.1 Å². The number of aryl methyl sites for hydroxylation is 2. The summed E-state index contributed by atoms with van der Waals surface area (Å²) in [6.45, 7) is 4.54. The van der Waals surface area contributed by atoms with Crippen LogP contribution >= 0.6 is 0 Å². The Kier molecular flexibility index (Phi) is 5.56. The van der Waals surface area contributed by atoms with Gasteiger partial charge in [0.25, 0.3) is 5.91 Å². The first-order valence-electron chi connectivity index (χ1n) is 8.99. The number of benzene rings is 2. The molecule has 0 aromatic heterocycles. The van der Waals surface area contributed by atoms with Crippen molar-refractivity contribution >= 4 is 23.2 Å². The predicted octanol–water partition coefficient (Wildman–Crippen LogP) is 3.70. The van der Waals surface area contributed by atoms with Gasteiger partial charge in [-0.2, -0.15) is 0 Å². The van der Waals surface area contributed by atoms with E-state index in [1.54, 1.807) is 0 Å². The van der Waals surface area contributed by atoms with Gasteiger partial charge in [-0.15, -0.1) is 0 Å². The van der Waals surface area contributed by atoms with Crippen LogP contribution in [-0.2, 0) is 16.0 Å². The molecule has 26 heavy (non-hydrogen) atoms. The highest BCUT2D eigenvalue weighted by molar-refractivity contribution is 5.97. The molecule has 0 atom stereocenters. The molecule has 0 unspecified atom stereocenters. The van der Waals surface area contributed by atoms with E-state index in [1.165, 1.54) is 0 Å². The molecule has 0 fully saturated rings. The maximum Gasteiger partial charge on any atom is 0.262 e. The second-order valence-electron chi connectivity index (χ2n) is 6.50. The summed E-state index contributed by atoms with van der Waals surface area (Å²) in [7, 11) is 0. The van der Waals surface area contributed by atoms with E-state index in [0.717, 1.165) is 36.2 Å². The molecular formula is C21H24N2O3. The van der Waals surface area contributed by atoms with E-state index in [9.17, 15) is 9.59 Å². The topological polar surface area (TPSA) is 58.6 Å². The number of hydrogen-bond acceptors (Lipinski definition) is 3. The van der Waals surface area contributed by atoms with Gasteiger partial charge in [0, 0.05) is 24.3 Å². The molecule has 1 heterocycles. The van der Waals surface area contributed by atoms with Crippen LogP contribution in [0.25, 0.3) is 0 Å². The summed E-state index contributed by atoms with van der Waals surface area (Å²) < 4.78 is 5.51. The summed E-state index contributed by atoms with van der Waals surface area (Å²) in [4.78, 5) is 26.2. The summed E-state index contributed by atoms with van der Waals surface area (Å²) >= 11 is 0. The molecule has 0 radical (unpaired) electrons. The van der Waals surface area contributed by atoms with Gasteiger partial charge < -0.3 is 15.0 Å². The minimum absolute atomic E-state index is 0.0578. The Morgan fingerprint density at radius 1 is 1.15 bits per heavy atom. The number of anilines is 2. The summed E-state index contributed by atoms with van der Waals surface area (Å²) in [5.41, 5.74) is 3.87. The van der Waals surface area contributed by atoms with E-state index in [-0.39, 0.29) is 18.4 Å². The van der Waals surface area contributed by atoms with Crippen LogP contribution in [-0.4, -0.2) is 25.0 Å². The molecule has 0 aliphatic carbocycles. The number of hydrogen-bond donors (Lipinski definition) is 1. The molecule has 0 saturated heterocycles. The molecule has 0 saturated carbocycles. The smallest absolute Gasteiger partial charge is 0.262 e. The van der Waals surface area contributed by atoms with E-state index < -0.39 is 0 Å². The van der Waals surface area contributed by atoms with Gasteiger partial charge in [-0.3, -0.25) is 9.59 Å². The third-order valence-corrected chi connectivity index (χ3v) is 4.48. The van der Waals surface area contributed by atoms with Crippen LogP contribution in [0.5, 0.6) is 5.75 Å². The van der Waals surface area contributed by atoms with Crippen molar-refractivity contribution in [3.05, 3.63) is 53.6 Å². The molecular weight excluding hydrogens is 328 g/mol. The van der Waals surface area contributed by atoms with Gasteiger partial charge in [-0.05, 0) is 49.6 Å². The van der Waals surface area contributed by atoms with Gasteiger partial charge in [-0.25, -0.2) is 0 Å². The molecule has 2 aromatic carbocycles. The maximum absolute atomic E-state index is 12.2. The molecule has 0 spiro atoms. The highest BCUT2D eigenvalue weighted by Crippen LogP contribution is 2.30. The lowest BCUT2D eigenvalue weighted by atomic mass is 10.0. The Balaban J connectivity index is 1.65. The number of amides is 2. The van der Waals surface area contributed by atoms with Crippen LogP contribution < -0.4 is 15.0 Å². The van der Waals surface area contributed by atoms with Crippen LogP contribution in [0.2, 0.25) is 0 Å². The maximum atomic E-state index is 12.2. The number of ether oxygens (including phenoxy) is 1. The van der Waals surface area contributed by atoms with Crippen molar-refractivity contribution in [3.63, 3.8) is 0 Å². The van der Waals surface area contributed by atoms with E-state index in [0.29, 0.717) is 17.9 Å². The molecule has 1 N–H and O–H groups in total. The molecule has 3 rings (SSSR count). The lowest BCUT2D eigenvalue weighted by Crippen LogP contribution is -2.35. The normalized spacial score (nSPS) is 13.1. The summed E-state index contributed by atoms with van der Waals surface area (Å²) in [5, 5.41) is 2.85. The highest BCUT2D eigenvalue weighted by atomic mass is 16.5. The van der Waals surface area contributed by atoms with Gasteiger partial charge in [0.2, 0.25) is 5.91 Å². The third-order valence-electron chi connectivity index (χ3n) is 4.48. The molecule has 0 bridgehead atoms. The van der Waals surface area contributed by atoms with Crippen molar-refractivity contribution in [1.29, 1.82) is 0 Å². The number of nitrogens with one attached hydrogen (secondary N) is 1. The average molecular weight is 352 g/mol. The van der Waals surface area contributed by atoms with Gasteiger partial charge in [0.1, 0.15) is 5.75 Å². The summed E-state index contributed by atoms with van der Waals surface area (Å²) in [6.07, 6.45) is 2.39. The zero-order valence-corrected chi connectivity index (χ0v) is 15.2. The molecule has 1 aliphatic rings. The Hall–Kier alpha value is -2.82. The lowest BCUT2D eigenvalue weighted by molar-refractivity contribution is -0.119. The third kappa shape index (κ3) is 4.23. The molecule has 1 aliphatic heterocycles. The minimum atomic E-state index is -0.227. The Bertz CT molecular complexity index is 799. The van der Waals surface area contributed by atoms with E-state index in [2.05, 4.69) is 5.32 Å².